The van der Waals surface area contributed by atoms with Crippen LogP contribution in [0.1, 0.15) is 45.4 Å². The Kier molecular flexibility index (Phi) is 8.21. The lowest BCUT2D eigenvalue weighted by molar-refractivity contribution is 0.0679. The second-order valence-electron chi connectivity index (χ2n) is 9.32. The lowest BCUT2D eigenvalue weighted by atomic mass is 10.1. The molecule has 1 fully saturated rings. The van der Waals surface area contributed by atoms with Crippen molar-refractivity contribution >= 4 is 39.5 Å². The molecule has 5 rings (SSSR count). The lowest BCUT2D eigenvalue weighted by Gasteiger charge is -2.25. The predicted octanol–water partition coefficient (Wildman–Crippen LogP) is 4.16. The summed E-state index contributed by atoms with van der Waals surface area (Å²) in [5.74, 6) is 0.354. The summed E-state index contributed by atoms with van der Waals surface area (Å²) >= 11 is 1.30. The van der Waals surface area contributed by atoms with Crippen LogP contribution >= 0.6 is 11.3 Å². The summed E-state index contributed by atoms with van der Waals surface area (Å²) in [6.07, 6.45) is 5.58. The van der Waals surface area contributed by atoms with E-state index in [2.05, 4.69) is 27.4 Å². The van der Waals surface area contributed by atoms with Crippen molar-refractivity contribution in [2.45, 2.75) is 32.4 Å². The number of carbonyl (C=O) groups is 2. The number of pyridine rings is 1. The number of hydrogen-bond donors (Lipinski definition) is 2. The molecule has 10 heteroatoms. The van der Waals surface area contributed by atoms with Gasteiger partial charge in [-0.05, 0) is 62.7 Å². The molecule has 2 aliphatic rings. The SMILES string of the molecule is CCN(CCNC)c1ccncc1NC(=O)c1ccc(N2Cc3ccc(OCC4CCCO4)cc3C2=O)s1. The Morgan fingerprint density at radius 1 is 1.29 bits per heavy atom. The van der Waals surface area contributed by atoms with Gasteiger partial charge in [0.2, 0.25) is 0 Å². The minimum atomic E-state index is -0.228. The molecule has 1 unspecified atom stereocenters. The fourth-order valence-corrected chi connectivity index (χ4v) is 5.65. The van der Waals surface area contributed by atoms with Crippen LogP contribution in [0.3, 0.4) is 0 Å². The molecule has 9 nitrogen and oxygen atoms in total. The van der Waals surface area contributed by atoms with E-state index in [1.807, 2.05) is 37.4 Å². The monoisotopic (exact) mass is 535 g/mol. The van der Waals surface area contributed by atoms with Crippen molar-refractivity contribution in [3.63, 3.8) is 0 Å². The minimum Gasteiger partial charge on any atom is -0.491 e. The third kappa shape index (κ3) is 5.67. The van der Waals surface area contributed by atoms with Gasteiger partial charge in [0.05, 0.1) is 40.1 Å². The highest BCUT2D eigenvalue weighted by molar-refractivity contribution is 7.18. The number of fused-ring (bicyclic) bond motifs is 1. The molecule has 2 N–H and O–H groups in total. The summed E-state index contributed by atoms with van der Waals surface area (Å²) in [7, 11) is 1.92. The second kappa shape index (κ2) is 11.9. The van der Waals surface area contributed by atoms with Gasteiger partial charge in [-0.15, -0.1) is 11.3 Å². The van der Waals surface area contributed by atoms with Gasteiger partial charge in [-0.2, -0.15) is 0 Å². The highest BCUT2D eigenvalue weighted by Gasteiger charge is 2.30. The summed E-state index contributed by atoms with van der Waals surface area (Å²) < 4.78 is 11.5. The van der Waals surface area contributed by atoms with Crippen LogP contribution in [0.15, 0.2) is 48.8 Å². The lowest BCUT2D eigenvalue weighted by Crippen LogP contribution is -2.31. The van der Waals surface area contributed by atoms with Crippen molar-refractivity contribution in [2.24, 2.45) is 0 Å². The van der Waals surface area contributed by atoms with Gasteiger partial charge in [0.25, 0.3) is 11.8 Å². The number of hydrogen-bond acceptors (Lipinski definition) is 8. The Labute approximate surface area is 226 Å². The number of anilines is 3. The van der Waals surface area contributed by atoms with Crippen LogP contribution in [0, 0.1) is 0 Å². The molecule has 1 atom stereocenters. The Bertz CT molecular complexity index is 1290. The van der Waals surface area contributed by atoms with Crippen molar-refractivity contribution in [2.75, 3.05) is 55.0 Å². The zero-order valence-electron chi connectivity index (χ0n) is 21.7. The maximum absolute atomic E-state index is 13.3. The maximum Gasteiger partial charge on any atom is 0.265 e. The number of aromatic nitrogens is 1. The smallest absolute Gasteiger partial charge is 0.265 e. The van der Waals surface area contributed by atoms with E-state index in [9.17, 15) is 9.59 Å². The normalized spacial score (nSPS) is 16.5. The molecule has 0 radical (unpaired) electrons. The van der Waals surface area contributed by atoms with E-state index in [1.165, 1.54) is 11.3 Å². The van der Waals surface area contributed by atoms with Gasteiger partial charge in [0.1, 0.15) is 12.4 Å². The van der Waals surface area contributed by atoms with Gasteiger partial charge in [0, 0.05) is 38.0 Å². The van der Waals surface area contributed by atoms with Crippen molar-refractivity contribution in [1.29, 1.82) is 0 Å². The summed E-state index contributed by atoms with van der Waals surface area (Å²) in [5, 5.41) is 6.90. The molecule has 3 aromatic rings. The predicted molar refractivity (Wildman–Crippen MR) is 150 cm³/mol. The van der Waals surface area contributed by atoms with Crippen LogP contribution in [-0.4, -0.2) is 62.8 Å². The van der Waals surface area contributed by atoms with E-state index in [1.54, 1.807) is 23.4 Å². The summed E-state index contributed by atoms with van der Waals surface area (Å²) in [4.78, 5) is 35.0. The number of benzene rings is 1. The van der Waals surface area contributed by atoms with E-state index in [-0.39, 0.29) is 17.9 Å². The molecular weight excluding hydrogens is 502 g/mol. The van der Waals surface area contributed by atoms with Gasteiger partial charge >= 0.3 is 0 Å². The van der Waals surface area contributed by atoms with Crippen LogP contribution in [-0.2, 0) is 11.3 Å². The fraction of sp³-hybridized carbons (Fsp3) is 0.393. The largest absolute Gasteiger partial charge is 0.491 e. The number of ether oxygens (including phenoxy) is 2. The quantitative estimate of drug-likeness (QED) is 0.381. The third-order valence-corrected chi connectivity index (χ3v) is 7.93. The molecule has 2 aliphatic heterocycles. The van der Waals surface area contributed by atoms with E-state index in [0.29, 0.717) is 35.0 Å². The molecule has 38 heavy (non-hydrogen) atoms. The number of carbonyl (C=O) groups excluding carboxylic acids is 2. The van der Waals surface area contributed by atoms with Gasteiger partial charge in [-0.1, -0.05) is 6.07 Å². The van der Waals surface area contributed by atoms with Gasteiger partial charge < -0.3 is 25.0 Å². The number of nitrogens with one attached hydrogen (secondary N) is 2. The number of rotatable bonds is 11. The number of amides is 2. The molecule has 0 aliphatic carbocycles. The second-order valence-corrected chi connectivity index (χ2v) is 10.4. The molecule has 1 aromatic carbocycles. The van der Waals surface area contributed by atoms with E-state index in [4.69, 9.17) is 9.47 Å². The first-order chi connectivity index (χ1) is 18.6. The summed E-state index contributed by atoms with van der Waals surface area (Å²) in [5.41, 5.74) is 3.16. The topological polar surface area (TPSA) is 96.0 Å². The first kappa shape index (κ1) is 26.1. The highest BCUT2D eigenvalue weighted by Crippen LogP contribution is 2.35. The molecule has 2 aromatic heterocycles. The zero-order valence-corrected chi connectivity index (χ0v) is 22.6. The van der Waals surface area contributed by atoms with Crippen LogP contribution in [0.25, 0.3) is 0 Å². The number of likely N-dealkylation sites (N-methyl/N-ethyl adjacent to an activating group) is 2. The third-order valence-electron chi connectivity index (χ3n) is 6.83. The van der Waals surface area contributed by atoms with Crippen LogP contribution < -0.4 is 25.2 Å². The molecule has 200 valence electrons. The molecule has 0 saturated carbocycles. The van der Waals surface area contributed by atoms with Crippen molar-refractivity contribution in [1.82, 2.24) is 10.3 Å². The van der Waals surface area contributed by atoms with Gasteiger partial charge in [-0.3, -0.25) is 19.5 Å². The van der Waals surface area contributed by atoms with E-state index in [0.717, 1.165) is 55.3 Å². The maximum atomic E-state index is 13.3. The Hall–Kier alpha value is -3.47. The Balaban J connectivity index is 1.25. The van der Waals surface area contributed by atoms with Crippen LogP contribution in [0.2, 0.25) is 0 Å². The zero-order chi connectivity index (χ0) is 26.5. The molecule has 4 heterocycles. The van der Waals surface area contributed by atoms with Crippen molar-refractivity contribution < 1.29 is 19.1 Å². The van der Waals surface area contributed by atoms with Crippen LogP contribution in [0.4, 0.5) is 16.4 Å². The van der Waals surface area contributed by atoms with E-state index < -0.39 is 0 Å². The number of thiophene rings is 1. The summed E-state index contributed by atoms with van der Waals surface area (Å²) in [6, 6.07) is 11.2. The standard InChI is InChI=1S/C28H33N5O4S/c1-3-32(13-12-29-2)24-10-11-30-16-23(24)31-27(34)25-8-9-26(38-25)33-17-19-6-7-20(15-22(19)28(33)35)37-18-21-5-4-14-36-21/h6-11,15-16,21,29H,3-5,12-14,17-18H2,1-2H3,(H,31,34). The number of nitrogens with zero attached hydrogens (tertiary/aromatic N) is 3. The first-order valence-corrected chi connectivity index (χ1v) is 13.8. The molecule has 1 saturated heterocycles. The first-order valence-electron chi connectivity index (χ1n) is 13.0. The van der Waals surface area contributed by atoms with Crippen molar-refractivity contribution in [3.05, 3.63) is 64.8 Å². The molecule has 0 spiro atoms. The van der Waals surface area contributed by atoms with Gasteiger partial charge in [-0.25, -0.2) is 0 Å². The van der Waals surface area contributed by atoms with E-state index >= 15 is 0 Å². The molecular formula is C28H33N5O4S. The van der Waals surface area contributed by atoms with Crippen molar-refractivity contribution in [3.8, 4) is 5.75 Å². The highest BCUT2D eigenvalue weighted by atomic mass is 32.1. The van der Waals surface area contributed by atoms with Crippen LogP contribution in [0.5, 0.6) is 5.75 Å². The average Bonchev–Trinajstić information content (AvgIpc) is 3.70. The fourth-order valence-electron chi connectivity index (χ4n) is 4.75. The average molecular weight is 536 g/mol. The Morgan fingerprint density at radius 3 is 2.97 bits per heavy atom. The summed E-state index contributed by atoms with van der Waals surface area (Å²) in [6.45, 7) is 6.25. The molecule has 0 bridgehead atoms. The minimum absolute atomic E-state index is 0.0889. The van der Waals surface area contributed by atoms with Gasteiger partial charge in [0.15, 0.2) is 0 Å². The molecule has 2 amide bonds. The Morgan fingerprint density at radius 2 is 2.18 bits per heavy atom.